The number of phenols is 1. The van der Waals surface area contributed by atoms with Crippen LogP contribution in [0.2, 0.25) is 0 Å². The van der Waals surface area contributed by atoms with E-state index in [4.69, 9.17) is 13.9 Å². The van der Waals surface area contributed by atoms with Crippen molar-refractivity contribution >= 4 is 33.9 Å². The minimum atomic E-state index is -4.39. The van der Waals surface area contributed by atoms with E-state index in [9.17, 15) is 13.2 Å². The highest BCUT2D eigenvalue weighted by Gasteiger charge is 2.30. The van der Waals surface area contributed by atoms with Gasteiger partial charge in [-0.2, -0.15) is 13.2 Å². The van der Waals surface area contributed by atoms with Crippen molar-refractivity contribution in [1.29, 1.82) is 0 Å². The van der Waals surface area contributed by atoms with Crippen LogP contribution in [0.1, 0.15) is 5.56 Å². The van der Waals surface area contributed by atoms with E-state index in [-0.39, 0.29) is 5.75 Å². The molecule has 0 aliphatic carbocycles. The van der Waals surface area contributed by atoms with E-state index >= 15 is 0 Å². The van der Waals surface area contributed by atoms with Gasteiger partial charge < -0.3 is 9.66 Å². The first-order valence-corrected chi connectivity index (χ1v) is 5.75. The van der Waals surface area contributed by atoms with E-state index in [2.05, 4.69) is 5.14 Å². The smallest absolute Gasteiger partial charge is 0.416 e. The summed E-state index contributed by atoms with van der Waals surface area (Å²) >= 11 is -0.609. The Hall–Kier alpha value is -0.390. The van der Waals surface area contributed by atoms with Crippen molar-refractivity contribution < 1.29 is 27.0 Å². The molecule has 0 saturated carbocycles. The molecule has 16 heavy (non-hydrogen) atoms. The molecule has 1 aromatic rings. The molecule has 1 aromatic carbocycles. The third-order valence-electron chi connectivity index (χ3n) is 1.27. The van der Waals surface area contributed by atoms with Gasteiger partial charge in [0.1, 0.15) is 5.75 Å². The summed E-state index contributed by atoms with van der Waals surface area (Å²) in [5, 5.41) is 13.0. The summed E-state index contributed by atoms with van der Waals surface area (Å²) in [5.41, 5.74) is -0.833. The molecule has 0 radical (unpaired) electrons. The van der Waals surface area contributed by atoms with Crippen molar-refractivity contribution in [3.05, 3.63) is 27.3 Å². The van der Waals surface area contributed by atoms with Gasteiger partial charge in [0.25, 0.3) is 0 Å². The summed E-state index contributed by atoms with van der Waals surface area (Å²) in [6, 6.07) is 2.86. The predicted octanol–water partition coefficient (Wildman–Crippen LogP) is 1.75. The van der Waals surface area contributed by atoms with Gasteiger partial charge in [0.15, 0.2) is 0 Å². The van der Waals surface area contributed by atoms with Gasteiger partial charge in [0.2, 0.25) is 0 Å². The fourth-order valence-corrected chi connectivity index (χ4v) is 1.02. The van der Waals surface area contributed by atoms with Gasteiger partial charge in [-0.05, 0) is 40.8 Å². The average molecular weight is 368 g/mol. The normalized spacial score (nSPS) is 12.6. The van der Waals surface area contributed by atoms with Crippen molar-refractivity contribution in [1.82, 2.24) is 0 Å². The van der Waals surface area contributed by atoms with E-state index in [0.717, 1.165) is 6.07 Å². The highest BCUT2D eigenvalue weighted by Crippen LogP contribution is 2.32. The lowest BCUT2D eigenvalue weighted by atomic mass is 10.2. The summed E-state index contributed by atoms with van der Waals surface area (Å²) in [6.07, 6.45) is -4.39. The van der Waals surface area contributed by atoms with Crippen LogP contribution in [-0.2, 0) is 17.4 Å². The lowest BCUT2D eigenvalue weighted by molar-refractivity contribution is -0.137. The Morgan fingerprint density at radius 3 is 2.19 bits per heavy atom. The van der Waals surface area contributed by atoms with Crippen LogP contribution in [0.3, 0.4) is 0 Å². The number of benzene rings is 1. The van der Waals surface area contributed by atoms with Crippen molar-refractivity contribution in [3.63, 3.8) is 0 Å². The van der Waals surface area contributed by atoms with Gasteiger partial charge in [-0.1, -0.05) is 0 Å². The number of halogens is 4. The van der Waals surface area contributed by atoms with Crippen molar-refractivity contribution in [2.75, 3.05) is 0 Å². The quantitative estimate of drug-likeness (QED) is 0.541. The molecular weight excluding hydrogens is 362 g/mol. The first kappa shape index (κ1) is 15.6. The van der Waals surface area contributed by atoms with Crippen LogP contribution in [-0.4, -0.2) is 13.9 Å². The maximum Gasteiger partial charge on any atom is 0.416 e. The van der Waals surface area contributed by atoms with E-state index < -0.39 is 23.0 Å². The third-order valence-corrected chi connectivity index (χ3v) is 2.19. The first-order chi connectivity index (χ1) is 7.14. The summed E-state index contributed by atoms with van der Waals surface area (Å²) in [5.74, 6) is -0.342. The third kappa shape index (κ3) is 6.25. The summed E-state index contributed by atoms with van der Waals surface area (Å²) in [4.78, 5) is 0. The molecule has 1 rings (SSSR count). The minimum Gasteiger partial charge on any atom is -0.760 e. The molecule has 3 N–H and O–H groups in total. The topological polar surface area (TPSA) is 86.4 Å². The molecule has 92 valence electrons. The summed E-state index contributed by atoms with van der Waals surface area (Å²) < 4.78 is 53.9. The molecule has 1 unspecified atom stereocenters. The number of hydrogen-bond acceptors (Lipinski definition) is 3. The highest BCUT2D eigenvalue weighted by molar-refractivity contribution is 14.1. The van der Waals surface area contributed by atoms with Gasteiger partial charge in [0.05, 0.1) is 9.13 Å². The lowest BCUT2D eigenvalue weighted by Crippen LogP contribution is -2.04. The zero-order valence-electron chi connectivity index (χ0n) is 7.49. The van der Waals surface area contributed by atoms with Crippen molar-refractivity contribution in [2.45, 2.75) is 6.18 Å². The van der Waals surface area contributed by atoms with E-state index in [0.29, 0.717) is 9.64 Å². The number of hydrogen-bond donors (Lipinski definition) is 2. The van der Waals surface area contributed by atoms with Gasteiger partial charge >= 0.3 is 6.18 Å². The second-order valence-corrected chi connectivity index (χ2v) is 4.11. The Labute approximate surface area is 105 Å². The fourth-order valence-electron chi connectivity index (χ4n) is 0.689. The number of alkyl halides is 3. The molecule has 0 heterocycles. The van der Waals surface area contributed by atoms with Crippen LogP contribution in [0.15, 0.2) is 18.2 Å². The van der Waals surface area contributed by atoms with Gasteiger partial charge in [-0.15, -0.1) is 0 Å². The van der Waals surface area contributed by atoms with E-state index in [1.165, 1.54) is 6.07 Å². The highest BCUT2D eigenvalue weighted by atomic mass is 127. The predicted molar refractivity (Wildman–Crippen MR) is 58.9 cm³/mol. The lowest BCUT2D eigenvalue weighted by Gasteiger charge is -2.06. The van der Waals surface area contributed by atoms with Crippen LogP contribution in [0.5, 0.6) is 5.75 Å². The number of aromatic hydroxyl groups is 1. The molecule has 1 atom stereocenters. The van der Waals surface area contributed by atoms with Gasteiger partial charge in [-0.25, -0.2) is 0 Å². The Bertz CT molecular complexity index is 382. The van der Waals surface area contributed by atoms with Crippen LogP contribution >= 0.6 is 22.6 Å². The van der Waals surface area contributed by atoms with Gasteiger partial charge in [-0.3, -0.25) is 9.35 Å². The Morgan fingerprint density at radius 1 is 1.44 bits per heavy atom. The molecule has 0 aliphatic rings. The average Bonchev–Trinajstić information content (AvgIpc) is 2.06. The maximum atomic E-state index is 12.0. The van der Waals surface area contributed by atoms with Crippen LogP contribution < -0.4 is 5.14 Å². The van der Waals surface area contributed by atoms with E-state index in [1.807, 2.05) is 0 Å². The fraction of sp³-hybridized carbons (Fsp3) is 0.143. The molecule has 4 nitrogen and oxygen atoms in total. The number of rotatable bonds is 0. The molecular formula is C7H6F3INO3S-. The number of phenolic OH excluding ortho intramolecular Hbond substituents is 1. The zero-order valence-corrected chi connectivity index (χ0v) is 10.5. The largest absolute Gasteiger partial charge is 0.760 e. The molecule has 9 heteroatoms. The number of nitrogens with two attached hydrogens (primary N) is 1. The summed E-state index contributed by atoms with van der Waals surface area (Å²) in [7, 11) is 0. The second kappa shape index (κ2) is 6.37. The molecule has 0 aliphatic heterocycles. The molecule has 0 spiro atoms. The first-order valence-electron chi connectivity index (χ1n) is 3.54. The molecule has 0 amide bonds. The molecule has 0 fully saturated rings. The Balaban J connectivity index is 0.000000487. The Kier molecular flexibility index (Phi) is 6.22. The van der Waals surface area contributed by atoms with Crippen LogP contribution in [0.25, 0.3) is 0 Å². The van der Waals surface area contributed by atoms with E-state index in [1.54, 1.807) is 22.6 Å². The maximum absolute atomic E-state index is 12.0. The second-order valence-electron chi connectivity index (χ2n) is 2.42. The summed E-state index contributed by atoms with van der Waals surface area (Å²) in [6.45, 7) is 0. The molecule has 0 bridgehead atoms. The minimum absolute atomic E-state index is 0.342. The molecule has 0 aromatic heterocycles. The van der Waals surface area contributed by atoms with Crippen molar-refractivity contribution in [2.24, 2.45) is 5.14 Å². The standard InChI is InChI=1S/C7H4F3IO.H3NO2S/c8-7(9,10)4-1-2-5(11)6(12)3-4;1-4(2)3/h1-3,12H;1H2,(H,2,3)/p-1. The van der Waals surface area contributed by atoms with Crippen LogP contribution in [0.4, 0.5) is 13.2 Å². The molecule has 0 saturated heterocycles. The Morgan fingerprint density at radius 2 is 1.88 bits per heavy atom. The SMILES string of the molecule is NS(=O)[O-].Oc1cc(C(F)(F)F)ccc1I. The van der Waals surface area contributed by atoms with Crippen molar-refractivity contribution in [3.8, 4) is 5.75 Å². The van der Waals surface area contributed by atoms with Gasteiger partial charge in [0, 0.05) is 11.3 Å². The zero-order chi connectivity index (χ0) is 12.9. The van der Waals surface area contributed by atoms with Crippen LogP contribution in [0, 0.1) is 3.57 Å². The monoisotopic (exact) mass is 368 g/mol.